The van der Waals surface area contributed by atoms with Crippen LogP contribution in [0.4, 0.5) is 0 Å². The van der Waals surface area contributed by atoms with Gasteiger partial charge < -0.3 is 33.9 Å². The van der Waals surface area contributed by atoms with Gasteiger partial charge in [0.1, 0.15) is 18.5 Å². The molecule has 0 bridgehead atoms. The standard InChI is InChI=1S/C26H28N2O6/c1-32-23-15-18(8-9-22(23)33-17-19(30)16-29)25(31)27-13-10-26(11-14-27)24-7-4-12-28(24)20-5-2-3-6-21(20)34-26/h2-9,12,15,19,29-30H,10-11,13-14,16-17H2,1H3/t19-/m0/s1. The molecule has 0 radical (unpaired) electrons. The zero-order valence-corrected chi connectivity index (χ0v) is 19.0. The molecule has 2 aliphatic heterocycles. The van der Waals surface area contributed by atoms with Crippen LogP contribution in [0.1, 0.15) is 28.9 Å². The first kappa shape index (κ1) is 22.3. The Bertz CT molecular complexity index is 1180. The number of fused-ring (bicyclic) bond motifs is 4. The summed E-state index contributed by atoms with van der Waals surface area (Å²) in [6.45, 7) is 0.666. The number of nitrogens with zero attached hydrogens (tertiary/aromatic N) is 2. The van der Waals surface area contributed by atoms with Gasteiger partial charge in [-0.3, -0.25) is 4.79 Å². The number of piperidine rings is 1. The third kappa shape index (κ3) is 3.89. The number of hydrogen-bond donors (Lipinski definition) is 2. The lowest BCUT2D eigenvalue weighted by atomic mass is 9.86. The molecule has 8 heteroatoms. The topological polar surface area (TPSA) is 93.4 Å². The first-order valence-corrected chi connectivity index (χ1v) is 11.4. The highest BCUT2D eigenvalue weighted by Crippen LogP contribution is 2.45. The van der Waals surface area contributed by atoms with Gasteiger partial charge in [-0.1, -0.05) is 12.1 Å². The van der Waals surface area contributed by atoms with E-state index >= 15 is 0 Å². The number of benzene rings is 2. The van der Waals surface area contributed by atoms with Gasteiger partial charge in [0.05, 0.1) is 25.1 Å². The Morgan fingerprint density at radius 3 is 2.68 bits per heavy atom. The highest BCUT2D eigenvalue weighted by Gasteiger charge is 2.44. The predicted octanol–water partition coefficient (Wildman–Crippen LogP) is 2.74. The number of carbonyl (C=O) groups is 1. The molecule has 0 saturated carbocycles. The third-order valence-electron chi connectivity index (χ3n) is 6.56. The molecule has 2 aromatic carbocycles. The van der Waals surface area contributed by atoms with Gasteiger partial charge in [-0.2, -0.15) is 0 Å². The maximum absolute atomic E-state index is 13.3. The van der Waals surface area contributed by atoms with Gasteiger partial charge >= 0.3 is 0 Å². The average molecular weight is 465 g/mol. The zero-order chi connectivity index (χ0) is 23.7. The van der Waals surface area contributed by atoms with Crippen molar-refractivity contribution >= 4 is 5.91 Å². The smallest absolute Gasteiger partial charge is 0.253 e. The van der Waals surface area contributed by atoms with Crippen LogP contribution in [0, 0.1) is 0 Å². The van der Waals surface area contributed by atoms with E-state index in [1.54, 1.807) is 18.2 Å². The summed E-state index contributed by atoms with van der Waals surface area (Å²) >= 11 is 0. The molecular formula is C26H28N2O6. The normalized spacial score (nSPS) is 16.9. The molecule has 1 aromatic heterocycles. The molecule has 5 rings (SSSR count). The fraction of sp³-hybridized carbons (Fsp3) is 0.346. The van der Waals surface area contributed by atoms with Crippen LogP contribution in [0.5, 0.6) is 17.2 Å². The van der Waals surface area contributed by atoms with Crippen molar-refractivity contribution in [2.24, 2.45) is 0 Å². The number of aromatic nitrogens is 1. The van der Waals surface area contributed by atoms with E-state index in [0.717, 1.165) is 17.1 Å². The van der Waals surface area contributed by atoms with E-state index < -0.39 is 18.3 Å². The predicted molar refractivity (Wildman–Crippen MR) is 125 cm³/mol. The van der Waals surface area contributed by atoms with E-state index in [1.165, 1.54) is 7.11 Å². The summed E-state index contributed by atoms with van der Waals surface area (Å²) in [6.07, 6.45) is 2.45. The molecule has 2 N–H and O–H groups in total. The van der Waals surface area contributed by atoms with Crippen molar-refractivity contribution in [2.75, 3.05) is 33.4 Å². The lowest BCUT2D eigenvalue weighted by Gasteiger charge is -2.45. The number of ether oxygens (including phenoxy) is 3. The Morgan fingerprint density at radius 1 is 1.12 bits per heavy atom. The van der Waals surface area contributed by atoms with Gasteiger partial charge in [0, 0.05) is 37.7 Å². The second kappa shape index (κ2) is 9.04. The van der Waals surface area contributed by atoms with Crippen LogP contribution in [0.2, 0.25) is 0 Å². The zero-order valence-electron chi connectivity index (χ0n) is 19.0. The largest absolute Gasteiger partial charge is 0.493 e. The van der Waals surface area contributed by atoms with E-state index in [4.69, 9.17) is 19.3 Å². The third-order valence-corrected chi connectivity index (χ3v) is 6.56. The van der Waals surface area contributed by atoms with Gasteiger partial charge in [0.25, 0.3) is 5.91 Å². The summed E-state index contributed by atoms with van der Waals surface area (Å²) in [7, 11) is 1.50. The van der Waals surface area contributed by atoms with Gasteiger partial charge in [-0.25, -0.2) is 0 Å². The number of likely N-dealkylation sites (tertiary alicyclic amines) is 1. The van der Waals surface area contributed by atoms with E-state index in [0.29, 0.717) is 43.0 Å². The maximum Gasteiger partial charge on any atom is 0.253 e. The van der Waals surface area contributed by atoms with E-state index in [2.05, 4.69) is 22.9 Å². The summed E-state index contributed by atoms with van der Waals surface area (Å²) in [5.41, 5.74) is 2.19. The molecule has 3 aromatic rings. The molecule has 1 fully saturated rings. The Hall–Kier alpha value is -3.49. The summed E-state index contributed by atoms with van der Waals surface area (Å²) in [6, 6.07) is 17.1. The molecule has 1 saturated heterocycles. The van der Waals surface area contributed by atoms with Crippen LogP contribution < -0.4 is 14.2 Å². The van der Waals surface area contributed by atoms with Crippen molar-refractivity contribution in [1.82, 2.24) is 9.47 Å². The molecule has 0 aliphatic carbocycles. The number of carbonyl (C=O) groups excluding carboxylic acids is 1. The van der Waals surface area contributed by atoms with E-state index in [9.17, 15) is 9.90 Å². The second-order valence-electron chi connectivity index (χ2n) is 8.63. The summed E-state index contributed by atoms with van der Waals surface area (Å²) in [5, 5.41) is 18.5. The van der Waals surface area contributed by atoms with Crippen LogP contribution in [0.15, 0.2) is 60.8 Å². The van der Waals surface area contributed by atoms with Crippen molar-refractivity contribution in [3.63, 3.8) is 0 Å². The van der Waals surface area contributed by atoms with Gasteiger partial charge in [0.15, 0.2) is 17.1 Å². The lowest BCUT2D eigenvalue weighted by Crippen LogP contribution is -2.50. The van der Waals surface area contributed by atoms with Crippen molar-refractivity contribution in [2.45, 2.75) is 24.5 Å². The van der Waals surface area contributed by atoms with Crippen molar-refractivity contribution in [1.29, 1.82) is 0 Å². The quantitative estimate of drug-likeness (QED) is 0.583. The van der Waals surface area contributed by atoms with Crippen LogP contribution in [-0.2, 0) is 5.60 Å². The molecule has 8 nitrogen and oxygen atoms in total. The highest BCUT2D eigenvalue weighted by molar-refractivity contribution is 5.95. The molecule has 178 valence electrons. The van der Waals surface area contributed by atoms with Crippen LogP contribution in [0.3, 0.4) is 0 Å². The van der Waals surface area contributed by atoms with Crippen LogP contribution >= 0.6 is 0 Å². The monoisotopic (exact) mass is 464 g/mol. The van der Waals surface area contributed by atoms with Gasteiger partial charge in [-0.15, -0.1) is 0 Å². The first-order chi connectivity index (χ1) is 16.5. The van der Waals surface area contributed by atoms with E-state index in [-0.39, 0.29) is 12.5 Å². The fourth-order valence-corrected chi connectivity index (χ4v) is 4.74. The molecule has 34 heavy (non-hydrogen) atoms. The molecule has 1 amide bonds. The Morgan fingerprint density at radius 2 is 1.91 bits per heavy atom. The van der Waals surface area contributed by atoms with Crippen LogP contribution in [-0.4, -0.2) is 65.1 Å². The Kier molecular flexibility index (Phi) is 5.93. The minimum Gasteiger partial charge on any atom is -0.493 e. The maximum atomic E-state index is 13.3. The number of rotatable bonds is 6. The van der Waals surface area contributed by atoms with E-state index in [1.807, 2.05) is 29.2 Å². The average Bonchev–Trinajstić information content (AvgIpc) is 3.39. The molecule has 2 aliphatic rings. The van der Waals surface area contributed by atoms with Gasteiger partial charge in [0.2, 0.25) is 0 Å². The molecule has 1 spiro atoms. The molecule has 3 heterocycles. The summed E-state index contributed by atoms with van der Waals surface area (Å²) in [4.78, 5) is 15.1. The minimum absolute atomic E-state index is 0.0702. The van der Waals surface area contributed by atoms with Crippen molar-refractivity contribution < 1.29 is 29.2 Å². The summed E-state index contributed by atoms with van der Waals surface area (Å²) in [5.74, 6) is 1.58. The Labute approximate surface area is 197 Å². The molecular weight excluding hydrogens is 436 g/mol. The number of aliphatic hydroxyl groups excluding tert-OH is 2. The Balaban J connectivity index is 1.31. The number of amides is 1. The van der Waals surface area contributed by atoms with Crippen LogP contribution in [0.25, 0.3) is 5.69 Å². The second-order valence-corrected chi connectivity index (χ2v) is 8.63. The number of para-hydroxylation sites is 2. The SMILES string of the molecule is COc1cc(C(=O)N2CCC3(CC2)Oc2ccccc2-n2cccc23)ccc1OC[C@@H](O)CO. The fourth-order valence-electron chi connectivity index (χ4n) is 4.74. The highest BCUT2D eigenvalue weighted by atomic mass is 16.5. The number of hydrogen-bond acceptors (Lipinski definition) is 6. The lowest BCUT2D eigenvalue weighted by molar-refractivity contribution is -0.00932. The molecule has 0 unspecified atom stereocenters. The van der Waals surface area contributed by atoms with Crippen molar-refractivity contribution in [3.05, 3.63) is 72.1 Å². The number of aliphatic hydroxyl groups is 2. The minimum atomic E-state index is -0.984. The molecule has 1 atom stereocenters. The van der Waals surface area contributed by atoms with Crippen molar-refractivity contribution in [3.8, 4) is 22.9 Å². The number of methoxy groups -OCH3 is 1. The first-order valence-electron chi connectivity index (χ1n) is 11.4. The van der Waals surface area contributed by atoms with Gasteiger partial charge in [-0.05, 0) is 42.5 Å². The summed E-state index contributed by atoms with van der Waals surface area (Å²) < 4.78 is 19.6.